The molecule has 0 amide bonds. The molecule has 0 spiro atoms. The van der Waals surface area contributed by atoms with Gasteiger partial charge in [-0.1, -0.05) is 73.6 Å². The van der Waals surface area contributed by atoms with Gasteiger partial charge in [-0.05, 0) is 23.7 Å². The molecule has 0 aliphatic rings. The molecule has 0 saturated heterocycles. The molecule has 0 aromatic carbocycles. The Kier molecular flexibility index (Phi) is 6.55. The van der Waals surface area contributed by atoms with E-state index in [0.717, 1.165) is 0 Å². The van der Waals surface area contributed by atoms with Crippen molar-refractivity contribution in [3.05, 3.63) is 0 Å². The fraction of sp³-hybridized carbons (Fsp3) is 1.00. The highest BCUT2D eigenvalue weighted by molar-refractivity contribution is 4.86. The number of unbranched alkanes of at least 4 members (excludes halogenated alkanes) is 3. The van der Waals surface area contributed by atoms with Crippen LogP contribution in [0.4, 0.5) is 0 Å². The molecule has 0 aromatic heterocycles. The summed E-state index contributed by atoms with van der Waals surface area (Å²) in [5.41, 5.74) is 0.994. The van der Waals surface area contributed by atoms with Gasteiger partial charge in [0.1, 0.15) is 0 Å². The monoisotopic (exact) mass is 212 g/mol. The lowest BCUT2D eigenvalue weighted by molar-refractivity contribution is 0.0785. The van der Waals surface area contributed by atoms with Crippen LogP contribution < -0.4 is 0 Å². The summed E-state index contributed by atoms with van der Waals surface area (Å²) in [6, 6.07) is 0. The van der Waals surface area contributed by atoms with Crippen molar-refractivity contribution in [3.8, 4) is 0 Å². The second-order valence-corrected chi connectivity index (χ2v) is 6.37. The van der Waals surface area contributed by atoms with Crippen LogP contribution >= 0.6 is 0 Å². The molecule has 0 rings (SSSR count). The van der Waals surface area contributed by atoms with Crippen molar-refractivity contribution in [3.63, 3.8) is 0 Å². The van der Waals surface area contributed by atoms with Gasteiger partial charge >= 0.3 is 0 Å². The predicted molar refractivity (Wildman–Crippen MR) is 71.2 cm³/mol. The standard InChI is InChI=1S/C15H32/c1-7-9-11-13-15(6,12-10-8-2)14(3,4)5/h7-13H2,1-6H3. The first-order valence-corrected chi connectivity index (χ1v) is 6.87. The smallest absolute Gasteiger partial charge is 0.0277 e. The minimum Gasteiger partial charge on any atom is -0.0654 e. The van der Waals surface area contributed by atoms with Gasteiger partial charge in [0.25, 0.3) is 0 Å². The van der Waals surface area contributed by atoms with Gasteiger partial charge in [-0.2, -0.15) is 0 Å². The number of hydrogen-bond acceptors (Lipinski definition) is 0. The first-order chi connectivity index (χ1) is 6.87. The largest absolute Gasteiger partial charge is 0.0654 e. The van der Waals surface area contributed by atoms with E-state index in [1.54, 1.807) is 0 Å². The molecule has 0 saturated carbocycles. The molecule has 92 valence electrons. The van der Waals surface area contributed by atoms with Gasteiger partial charge in [0.2, 0.25) is 0 Å². The zero-order valence-corrected chi connectivity index (χ0v) is 11.9. The van der Waals surface area contributed by atoms with E-state index in [2.05, 4.69) is 41.5 Å². The van der Waals surface area contributed by atoms with Crippen LogP contribution in [0.25, 0.3) is 0 Å². The molecule has 1 unspecified atom stereocenters. The molecule has 0 heterocycles. The second kappa shape index (κ2) is 6.55. The molecular weight excluding hydrogens is 180 g/mol. The Morgan fingerprint density at radius 2 is 1.13 bits per heavy atom. The summed E-state index contributed by atoms with van der Waals surface area (Å²) >= 11 is 0. The van der Waals surface area contributed by atoms with Crippen molar-refractivity contribution >= 4 is 0 Å². The van der Waals surface area contributed by atoms with Gasteiger partial charge in [0.15, 0.2) is 0 Å². The van der Waals surface area contributed by atoms with Gasteiger partial charge in [-0.15, -0.1) is 0 Å². The zero-order chi connectivity index (χ0) is 11.9. The highest BCUT2D eigenvalue weighted by Gasteiger charge is 2.35. The zero-order valence-electron chi connectivity index (χ0n) is 11.9. The van der Waals surface area contributed by atoms with E-state index < -0.39 is 0 Å². The topological polar surface area (TPSA) is 0 Å². The lowest BCUT2D eigenvalue weighted by atomic mass is 9.63. The van der Waals surface area contributed by atoms with Gasteiger partial charge in [0.05, 0.1) is 0 Å². The van der Waals surface area contributed by atoms with Crippen molar-refractivity contribution in [1.82, 2.24) is 0 Å². The molecule has 0 nitrogen and oxygen atoms in total. The fourth-order valence-corrected chi connectivity index (χ4v) is 2.21. The molecular formula is C15H32. The lowest BCUT2D eigenvalue weighted by Crippen LogP contribution is -2.32. The van der Waals surface area contributed by atoms with E-state index in [-0.39, 0.29) is 0 Å². The molecule has 0 N–H and O–H groups in total. The van der Waals surface area contributed by atoms with E-state index >= 15 is 0 Å². The molecule has 1 atom stereocenters. The minimum absolute atomic E-state index is 0.454. The maximum Gasteiger partial charge on any atom is -0.0277 e. The van der Waals surface area contributed by atoms with E-state index in [9.17, 15) is 0 Å². The summed E-state index contributed by atoms with van der Waals surface area (Å²) < 4.78 is 0. The van der Waals surface area contributed by atoms with E-state index in [0.29, 0.717) is 10.8 Å². The first kappa shape index (κ1) is 15.0. The van der Waals surface area contributed by atoms with Gasteiger partial charge < -0.3 is 0 Å². The number of hydrogen-bond donors (Lipinski definition) is 0. The summed E-state index contributed by atoms with van der Waals surface area (Å²) in [4.78, 5) is 0. The minimum atomic E-state index is 0.454. The summed E-state index contributed by atoms with van der Waals surface area (Å²) in [6.45, 7) is 14.3. The maximum atomic E-state index is 2.50. The third-order valence-electron chi connectivity index (χ3n) is 4.22. The molecule has 0 bridgehead atoms. The molecule has 0 aromatic rings. The molecule has 0 heteroatoms. The van der Waals surface area contributed by atoms with Crippen LogP contribution in [-0.2, 0) is 0 Å². The Morgan fingerprint density at radius 1 is 0.667 bits per heavy atom. The highest BCUT2D eigenvalue weighted by Crippen LogP contribution is 2.46. The Labute approximate surface area is 97.8 Å². The van der Waals surface area contributed by atoms with Crippen LogP contribution in [0.15, 0.2) is 0 Å². The Balaban J connectivity index is 4.28. The molecule has 0 aliphatic carbocycles. The molecule has 0 fully saturated rings. The maximum absolute atomic E-state index is 2.50. The average molecular weight is 212 g/mol. The van der Waals surface area contributed by atoms with Gasteiger partial charge in [-0.25, -0.2) is 0 Å². The summed E-state index contributed by atoms with van der Waals surface area (Å²) in [5, 5.41) is 0. The van der Waals surface area contributed by atoms with Crippen LogP contribution in [0.3, 0.4) is 0 Å². The van der Waals surface area contributed by atoms with Crippen molar-refractivity contribution in [2.24, 2.45) is 10.8 Å². The third kappa shape index (κ3) is 5.04. The van der Waals surface area contributed by atoms with Crippen LogP contribution in [0.5, 0.6) is 0 Å². The van der Waals surface area contributed by atoms with Crippen molar-refractivity contribution < 1.29 is 0 Å². The Hall–Kier alpha value is 0. The second-order valence-electron chi connectivity index (χ2n) is 6.37. The summed E-state index contributed by atoms with van der Waals surface area (Å²) in [7, 11) is 0. The van der Waals surface area contributed by atoms with Crippen molar-refractivity contribution in [2.75, 3.05) is 0 Å². The van der Waals surface area contributed by atoms with E-state index in [4.69, 9.17) is 0 Å². The summed E-state index contributed by atoms with van der Waals surface area (Å²) in [6.07, 6.45) is 9.68. The average Bonchev–Trinajstić information content (AvgIpc) is 2.13. The van der Waals surface area contributed by atoms with Crippen molar-refractivity contribution in [2.45, 2.75) is 86.5 Å². The normalized spacial score (nSPS) is 16.4. The first-order valence-electron chi connectivity index (χ1n) is 6.87. The Morgan fingerprint density at radius 3 is 1.53 bits per heavy atom. The van der Waals surface area contributed by atoms with Crippen molar-refractivity contribution in [1.29, 1.82) is 0 Å². The SMILES string of the molecule is CCCCCC(C)(CCCC)C(C)(C)C. The van der Waals surface area contributed by atoms with Gasteiger partial charge in [0, 0.05) is 0 Å². The van der Waals surface area contributed by atoms with E-state index in [1.165, 1.54) is 44.9 Å². The van der Waals surface area contributed by atoms with Crippen LogP contribution in [0.2, 0.25) is 0 Å². The van der Waals surface area contributed by atoms with Gasteiger partial charge in [-0.3, -0.25) is 0 Å². The van der Waals surface area contributed by atoms with Crippen LogP contribution in [0, 0.1) is 10.8 Å². The number of rotatable bonds is 7. The van der Waals surface area contributed by atoms with Crippen LogP contribution in [0.1, 0.15) is 86.5 Å². The highest BCUT2D eigenvalue weighted by atomic mass is 14.4. The van der Waals surface area contributed by atoms with Crippen LogP contribution in [-0.4, -0.2) is 0 Å². The fourth-order valence-electron chi connectivity index (χ4n) is 2.21. The Bertz CT molecular complexity index is 152. The molecule has 0 aliphatic heterocycles. The third-order valence-corrected chi connectivity index (χ3v) is 4.22. The molecule has 15 heavy (non-hydrogen) atoms. The molecule has 0 radical (unpaired) electrons. The predicted octanol–water partition coefficient (Wildman–Crippen LogP) is 5.81. The van der Waals surface area contributed by atoms with E-state index in [1.807, 2.05) is 0 Å². The quantitative estimate of drug-likeness (QED) is 0.467. The lowest BCUT2D eigenvalue weighted by Gasteiger charge is -2.43. The summed E-state index contributed by atoms with van der Waals surface area (Å²) in [5.74, 6) is 0.